The van der Waals surface area contributed by atoms with Gasteiger partial charge in [-0.05, 0) is 37.1 Å². The van der Waals surface area contributed by atoms with Crippen LogP contribution in [0.5, 0.6) is 5.75 Å². The molecule has 0 saturated heterocycles. The second-order valence-electron chi connectivity index (χ2n) is 6.33. The van der Waals surface area contributed by atoms with Crippen molar-refractivity contribution in [2.45, 2.75) is 46.0 Å². The van der Waals surface area contributed by atoms with Crippen LogP contribution >= 0.6 is 0 Å². The number of nitrogens with one attached hydrogen (secondary N) is 2. The Balaban J connectivity index is 2.41. The van der Waals surface area contributed by atoms with Gasteiger partial charge in [-0.15, -0.1) is 0 Å². The van der Waals surface area contributed by atoms with Gasteiger partial charge < -0.3 is 20.3 Å². The number of rotatable bonds is 12. The lowest BCUT2D eigenvalue weighted by atomic mass is 10.2. The van der Waals surface area contributed by atoms with E-state index in [1.54, 1.807) is 36.3 Å². The largest absolute Gasteiger partial charge is 0.497 e. The Labute approximate surface area is 161 Å². The van der Waals surface area contributed by atoms with Crippen molar-refractivity contribution in [1.82, 2.24) is 10.2 Å². The first-order valence-corrected chi connectivity index (χ1v) is 9.48. The van der Waals surface area contributed by atoms with Crippen LogP contribution in [-0.4, -0.2) is 49.4 Å². The zero-order chi connectivity index (χ0) is 20.1. The van der Waals surface area contributed by atoms with Crippen molar-refractivity contribution in [3.8, 4) is 5.75 Å². The molecule has 0 atom stereocenters. The molecular formula is C20H31N3O4. The molecule has 0 bridgehead atoms. The molecule has 0 fully saturated rings. The van der Waals surface area contributed by atoms with E-state index in [0.717, 1.165) is 25.7 Å². The highest BCUT2D eigenvalue weighted by molar-refractivity contribution is 5.95. The van der Waals surface area contributed by atoms with E-state index < -0.39 is 0 Å². The minimum absolute atomic E-state index is 0.0110. The predicted octanol–water partition coefficient (Wildman–Crippen LogP) is 2.57. The van der Waals surface area contributed by atoms with E-state index in [-0.39, 0.29) is 30.8 Å². The number of methoxy groups -OCH3 is 1. The number of hydrogen-bond donors (Lipinski definition) is 2. The molecule has 7 heteroatoms. The Morgan fingerprint density at radius 1 is 1.00 bits per heavy atom. The highest BCUT2D eigenvalue weighted by atomic mass is 16.5. The number of hydrogen-bond acceptors (Lipinski definition) is 4. The minimum Gasteiger partial charge on any atom is -0.497 e. The van der Waals surface area contributed by atoms with E-state index in [1.807, 2.05) is 6.92 Å². The Hall–Kier alpha value is -2.57. The molecule has 3 amide bonds. The third-order valence-corrected chi connectivity index (χ3v) is 3.99. The van der Waals surface area contributed by atoms with Crippen LogP contribution in [0.1, 0.15) is 46.0 Å². The molecule has 0 heterocycles. The van der Waals surface area contributed by atoms with Crippen molar-refractivity contribution in [3.05, 3.63) is 24.3 Å². The summed E-state index contributed by atoms with van der Waals surface area (Å²) in [6, 6.07) is 6.91. The number of carbonyl (C=O) groups is 3. The standard InChI is InChI=1S/C20H31N3O4/c1-4-6-7-8-20(26)23(13-5-2)15-19(25)21-14-18(24)22-16-9-11-17(27-3)12-10-16/h9-12H,4-8,13-15H2,1-3H3,(H,21,25)(H,22,24). The van der Waals surface area contributed by atoms with E-state index in [2.05, 4.69) is 17.6 Å². The molecular weight excluding hydrogens is 346 g/mol. The maximum absolute atomic E-state index is 12.2. The summed E-state index contributed by atoms with van der Waals surface area (Å²) in [4.78, 5) is 37.8. The zero-order valence-electron chi connectivity index (χ0n) is 16.5. The van der Waals surface area contributed by atoms with Crippen molar-refractivity contribution < 1.29 is 19.1 Å². The molecule has 150 valence electrons. The molecule has 27 heavy (non-hydrogen) atoms. The number of unbranched alkanes of at least 4 members (excludes halogenated alkanes) is 2. The van der Waals surface area contributed by atoms with Crippen molar-refractivity contribution in [2.75, 3.05) is 32.1 Å². The molecule has 0 aliphatic rings. The second-order valence-corrected chi connectivity index (χ2v) is 6.33. The second kappa shape index (κ2) is 12.7. The SMILES string of the molecule is CCCCCC(=O)N(CCC)CC(=O)NCC(=O)Nc1ccc(OC)cc1. The molecule has 1 aromatic rings. The van der Waals surface area contributed by atoms with Crippen LogP contribution in [0.25, 0.3) is 0 Å². The minimum atomic E-state index is -0.336. The average Bonchev–Trinajstić information content (AvgIpc) is 2.66. The van der Waals surface area contributed by atoms with Gasteiger partial charge in [0.05, 0.1) is 20.2 Å². The Morgan fingerprint density at radius 2 is 1.70 bits per heavy atom. The summed E-state index contributed by atoms with van der Waals surface area (Å²) in [5, 5.41) is 5.26. The van der Waals surface area contributed by atoms with Gasteiger partial charge in [-0.3, -0.25) is 14.4 Å². The van der Waals surface area contributed by atoms with Gasteiger partial charge in [0.2, 0.25) is 17.7 Å². The summed E-state index contributed by atoms with van der Waals surface area (Å²) in [5.41, 5.74) is 0.619. The average molecular weight is 377 g/mol. The summed E-state index contributed by atoms with van der Waals surface area (Å²) in [6.07, 6.45) is 4.12. The first-order chi connectivity index (χ1) is 13.0. The summed E-state index contributed by atoms with van der Waals surface area (Å²) in [5.74, 6) is 0.0195. The lowest BCUT2D eigenvalue weighted by Gasteiger charge is -2.21. The van der Waals surface area contributed by atoms with Gasteiger partial charge in [0.25, 0.3) is 0 Å². The number of amides is 3. The van der Waals surface area contributed by atoms with Gasteiger partial charge in [-0.1, -0.05) is 26.7 Å². The van der Waals surface area contributed by atoms with Crippen LogP contribution in [0.2, 0.25) is 0 Å². The summed E-state index contributed by atoms with van der Waals surface area (Å²) < 4.78 is 5.06. The number of carbonyl (C=O) groups excluding carboxylic acids is 3. The van der Waals surface area contributed by atoms with Gasteiger partial charge in [0, 0.05) is 18.7 Å². The highest BCUT2D eigenvalue weighted by Crippen LogP contribution is 2.14. The first kappa shape index (κ1) is 22.5. The summed E-state index contributed by atoms with van der Waals surface area (Å²) in [7, 11) is 1.57. The molecule has 0 aliphatic heterocycles. The Kier molecular flexibility index (Phi) is 10.6. The van der Waals surface area contributed by atoms with Crippen LogP contribution in [0.15, 0.2) is 24.3 Å². The molecule has 7 nitrogen and oxygen atoms in total. The fraction of sp³-hybridized carbons (Fsp3) is 0.550. The molecule has 1 rings (SSSR count). The van der Waals surface area contributed by atoms with Gasteiger partial charge in [-0.25, -0.2) is 0 Å². The van der Waals surface area contributed by atoms with E-state index >= 15 is 0 Å². The first-order valence-electron chi connectivity index (χ1n) is 9.48. The van der Waals surface area contributed by atoms with Gasteiger partial charge in [-0.2, -0.15) is 0 Å². The van der Waals surface area contributed by atoms with Gasteiger partial charge >= 0.3 is 0 Å². The maximum Gasteiger partial charge on any atom is 0.243 e. The number of benzene rings is 1. The zero-order valence-corrected chi connectivity index (χ0v) is 16.5. The van der Waals surface area contributed by atoms with Crippen LogP contribution in [0.3, 0.4) is 0 Å². The quantitative estimate of drug-likeness (QED) is 0.548. The van der Waals surface area contributed by atoms with Crippen molar-refractivity contribution in [3.63, 3.8) is 0 Å². The molecule has 2 N–H and O–H groups in total. The van der Waals surface area contributed by atoms with E-state index in [1.165, 1.54) is 0 Å². The normalized spacial score (nSPS) is 10.2. The van der Waals surface area contributed by atoms with Gasteiger partial charge in [0.1, 0.15) is 5.75 Å². The third-order valence-electron chi connectivity index (χ3n) is 3.99. The third kappa shape index (κ3) is 9.08. The number of nitrogens with zero attached hydrogens (tertiary/aromatic N) is 1. The smallest absolute Gasteiger partial charge is 0.243 e. The molecule has 0 aromatic heterocycles. The topological polar surface area (TPSA) is 87.7 Å². The fourth-order valence-corrected chi connectivity index (χ4v) is 2.53. The molecule has 0 aliphatic carbocycles. The van der Waals surface area contributed by atoms with E-state index in [9.17, 15) is 14.4 Å². The molecule has 0 saturated carbocycles. The summed E-state index contributed by atoms with van der Waals surface area (Å²) >= 11 is 0. The van der Waals surface area contributed by atoms with Crippen LogP contribution in [-0.2, 0) is 14.4 Å². The number of ether oxygens (including phenoxy) is 1. The van der Waals surface area contributed by atoms with Gasteiger partial charge in [0.15, 0.2) is 0 Å². The molecule has 0 radical (unpaired) electrons. The van der Waals surface area contributed by atoms with Crippen molar-refractivity contribution in [2.24, 2.45) is 0 Å². The van der Waals surface area contributed by atoms with Crippen LogP contribution < -0.4 is 15.4 Å². The molecule has 0 unspecified atom stereocenters. The van der Waals surface area contributed by atoms with E-state index in [4.69, 9.17) is 4.74 Å². The maximum atomic E-state index is 12.2. The highest BCUT2D eigenvalue weighted by Gasteiger charge is 2.16. The number of anilines is 1. The Morgan fingerprint density at radius 3 is 2.30 bits per heavy atom. The lowest BCUT2D eigenvalue weighted by molar-refractivity contribution is -0.136. The van der Waals surface area contributed by atoms with Crippen molar-refractivity contribution >= 4 is 23.4 Å². The predicted molar refractivity (Wildman–Crippen MR) is 106 cm³/mol. The Bertz CT molecular complexity index is 602. The summed E-state index contributed by atoms with van der Waals surface area (Å²) in [6.45, 7) is 4.42. The van der Waals surface area contributed by atoms with E-state index in [0.29, 0.717) is 24.4 Å². The van der Waals surface area contributed by atoms with Crippen molar-refractivity contribution in [1.29, 1.82) is 0 Å². The monoisotopic (exact) mass is 377 g/mol. The fourth-order valence-electron chi connectivity index (χ4n) is 2.53. The van der Waals surface area contributed by atoms with Crippen LogP contribution in [0.4, 0.5) is 5.69 Å². The molecule has 1 aromatic carbocycles. The lowest BCUT2D eigenvalue weighted by Crippen LogP contribution is -2.43. The molecule has 0 spiro atoms. The van der Waals surface area contributed by atoms with Crippen LogP contribution in [0, 0.1) is 0 Å².